The van der Waals surface area contributed by atoms with E-state index in [4.69, 9.17) is 0 Å². The Bertz CT molecular complexity index is 855. The minimum Gasteiger partial charge on any atom is -0.265 e. The molecule has 2 rings (SSSR count). The highest BCUT2D eigenvalue weighted by Gasteiger charge is 2.23. The van der Waals surface area contributed by atoms with Gasteiger partial charge in [0.2, 0.25) is 5.16 Å². The van der Waals surface area contributed by atoms with Crippen molar-refractivity contribution in [1.29, 1.82) is 0 Å². The van der Waals surface area contributed by atoms with E-state index < -0.39 is 15.9 Å². The predicted octanol–water partition coefficient (Wildman–Crippen LogP) is 2.45. The number of rotatable bonds is 4. The van der Waals surface area contributed by atoms with E-state index in [9.17, 15) is 14.9 Å². The van der Waals surface area contributed by atoms with Crippen LogP contribution >= 0.6 is 11.8 Å². The van der Waals surface area contributed by atoms with Gasteiger partial charge in [0.05, 0.1) is 16.7 Å². The number of hydrogen-bond donors (Lipinski definition) is 0. The van der Waals surface area contributed by atoms with E-state index in [2.05, 4.69) is 15.3 Å². The van der Waals surface area contributed by atoms with Gasteiger partial charge in [-0.25, -0.2) is 0 Å². The van der Waals surface area contributed by atoms with Gasteiger partial charge in [0, 0.05) is 11.5 Å². The summed E-state index contributed by atoms with van der Waals surface area (Å²) in [6.07, 6.45) is 3.03. The van der Waals surface area contributed by atoms with Crippen LogP contribution in [0, 0.1) is 10.1 Å². The molecule has 0 amide bonds. The van der Waals surface area contributed by atoms with E-state index in [0.717, 1.165) is 4.68 Å². The third-order valence-electron chi connectivity index (χ3n) is 3.15. The van der Waals surface area contributed by atoms with Crippen LogP contribution < -0.4 is 5.56 Å². The summed E-state index contributed by atoms with van der Waals surface area (Å²) in [5, 5.41) is 23.5. The number of aromatic nitrogens is 3. The van der Waals surface area contributed by atoms with Crippen molar-refractivity contribution in [2.75, 3.05) is 6.26 Å². The fraction of sp³-hybridized carbons (Fsp3) is 0.333. The monoisotopic (exact) mass is 347 g/mol. The molecule has 0 saturated carbocycles. The minimum absolute atomic E-state index is 0.0851. The molecule has 0 aliphatic rings. The maximum Gasteiger partial charge on any atom is 0.297 e. The molecule has 0 N–H and O–H groups in total. The van der Waals surface area contributed by atoms with Crippen molar-refractivity contribution in [3.05, 3.63) is 56.0 Å². The number of nitro groups is 1. The van der Waals surface area contributed by atoms with Crippen molar-refractivity contribution in [1.82, 2.24) is 14.9 Å². The first-order valence-corrected chi connectivity index (χ1v) is 8.30. The van der Waals surface area contributed by atoms with Crippen LogP contribution in [0.5, 0.6) is 0 Å². The Morgan fingerprint density at radius 3 is 2.54 bits per heavy atom. The van der Waals surface area contributed by atoms with Gasteiger partial charge >= 0.3 is 0 Å². The van der Waals surface area contributed by atoms with Crippen LogP contribution in [0.4, 0.5) is 5.69 Å². The lowest BCUT2D eigenvalue weighted by Gasteiger charge is -2.16. The van der Waals surface area contributed by atoms with Crippen molar-refractivity contribution >= 4 is 23.7 Å². The third kappa shape index (κ3) is 3.67. The molecule has 0 fully saturated rings. The second-order valence-corrected chi connectivity index (χ2v) is 6.74. The Balaban J connectivity index is 2.57. The summed E-state index contributed by atoms with van der Waals surface area (Å²) in [5.74, 6) is 0. The topological polar surface area (TPSA) is 103 Å². The standard InChI is InChI=1S/C15H17N5O3S/c1-15(2,3)12-13(21)19(14(24-4)18-17-12)16-9-10-7-5-6-8-11(10)20(22)23/h5-9H,1-4H3/b16-9-. The fourth-order valence-corrected chi connectivity index (χ4v) is 2.37. The molecule has 0 radical (unpaired) electrons. The smallest absolute Gasteiger partial charge is 0.265 e. The van der Waals surface area contributed by atoms with Crippen molar-refractivity contribution < 1.29 is 4.92 Å². The van der Waals surface area contributed by atoms with E-state index in [1.54, 1.807) is 24.5 Å². The molecule has 1 aromatic carbocycles. The van der Waals surface area contributed by atoms with Crippen LogP contribution in [-0.2, 0) is 5.41 Å². The van der Waals surface area contributed by atoms with Crippen molar-refractivity contribution in [2.45, 2.75) is 31.3 Å². The average Bonchev–Trinajstić information content (AvgIpc) is 2.52. The first-order valence-electron chi connectivity index (χ1n) is 7.07. The van der Waals surface area contributed by atoms with Crippen LogP contribution in [0.15, 0.2) is 39.3 Å². The summed E-state index contributed by atoms with van der Waals surface area (Å²) in [7, 11) is 0. The van der Waals surface area contributed by atoms with Gasteiger partial charge in [-0.15, -0.1) is 10.2 Å². The number of nitrogens with zero attached hydrogens (tertiary/aromatic N) is 5. The Morgan fingerprint density at radius 1 is 1.29 bits per heavy atom. The molecule has 0 spiro atoms. The lowest BCUT2D eigenvalue weighted by atomic mass is 9.93. The van der Waals surface area contributed by atoms with Gasteiger partial charge in [-0.3, -0.25) is 14.9 Å². The highest BCUT2D eigenvalue weighted by atomic mass is 32.2. The quantitative estimate of drug-likeness (QED) is 0.364. The van der Waals surface area contributed by atoms with E-state index in [1.165, 1.54) is 24.0 Å². The minimum atomic E-state index is -0.495. The summed E-state index contributed by atoms with van der Waals surface area (Å²) in [5.41, 5.74) is -0.387. The molecule has 0 atom stereocenters. The highest BCUT2D eigenvalue weighted by molar-refractivity contribution is 7.98. The molecule has 1 aromatic heterocycles. The number of nitro benzene ring substituents is 1. The van der Waals surface area contributed by atoms with E-state index in [-0.39, 0.29) is 11.4 Å². The summed E-state index contributed by atoms with van der Waals surface area (Å²) >= 11 is 1.22. The van der Waals surface area contributed by atoms with Gasteiger partial charge in [0.25, 0.3) is 11.2 Å². The van der Waals surface area contributed by atoms with E-state index in [1.807, 2.05) is 20.8 Å². The summed E-state index contributed by atoms with van der Waals surface area (Å²) in [6, 6.07) is 6.17. The van der Waals surface area contributed by atoms with Gasteiger partial charge in [-0.2, -0.15) is 9.78 Å². The van der Waals surface area contributed by atoms with Gasteiger partial charge in [0.1, 0.15) is 5.69 Å². The zero-order valence-electron chi connectivity index (χ0n) is 13.8. The second kappa shape index (κ2) is 6.91. The zero-order valence-corrected chi connectivity index (χ0v) is 14.6. The van der Waals surface area contributed by atoms with Crippen molar-refractivity contribution in [2.24, 2.45) is 5.10 Å². The summed E-state index contributed by atoms with van der Waals surface area (Å²) in [4.78, 5) is 23.2. The van der Waals surface area contributed by atoms with Gasteiger partial charge in [0.15, 0.2) is 0 Å². The predicted molar refractivity (Wildman–Crippen MR) is 92.9 cm³/mol. The zero-order chi connectivity index (χ0) is 17.9. The Hall–Kier alpha value is -2.55. The summed E-state index contributed by atoms with van der Waals surface area (Å²) in [6.45, 7) is 5.56. The molecule has 0 unspecified atom stereocenters. The van der Waals surface area contributed by atoms with Crippen molar-refractivity contribution in [3.8, 4) is 0 Å². The largest absolute Gasteiger partial charge is 0.297 e. The van der Waals surface area contributed by atoms with Gasteiger partial charge < -0.3 is 0 Å². The Morgan fingerprint density at radius 2 is 1.96 bits per heavy atom. The van der Waals surface area contributed by atoms with Crippen LogP contribution in [0.25, 0.3) is 0 Å². The molecular formula is C15H17N5O3S. The number of para-hydroxylation sites is 1. The second-order valence-electron chi connectivity index (χ2n) is 5.96. The number of hydrogen-bond acceptors (Lipinski definition) is 7. The fourth-order valence-electron chi connectivity index (χ4n) is 1.95. The molecule has 24 heavy (non-hydrogen) atoms. The molecule has 126 valence electrons. The van der Waals surface area contributed by atoms with Crippen LogP contribution in [0.3, 0.4) is 0 Å². The molecule has 0 aliphatic carbocycles. The number of benzene rings is 1. The molecule has 2 aromatic rings. The average molecular weight is 347 g/mol. The third-order valence-corrected chi connectivity index (χ3v) is 3.77. The SMILES string of the molecule is CSc1nnc(C(C)(C)C)c(=O)n1/N=C\c1ccccc1[N+](=O)[O-]. The normalized spacial score (nSPS) is 11.8. The van der Waals surface area contributed by atoms with Gasteiger partial charge in [-0.05, 0) is 12.3 Å². The first-order chi connectivity index (χ1) is 11.3. The molecule has 9 heteroatoms. The van der Waals surface area contributed by atoms with Gasteiger partial charge in [-0.1, -0.05) is 44.7 Å². The van der Waals surface area contributed by atoms with Crippen LogP contribution in [0.1, 0.15) is 32.0 Å². The molecule has 0 aliphatic heterocycles. The van der Waals surface area contributed by atoms with E-state index >= 15 is 0 Å². The molecule has 8 nitrogen and oxygen atoms in total. The molecule has 1 heterocycles. The molecular weight excluding hydrogens is 330 g/mol. The lowest BCUT2D eigenvalue weighted by molar-refractivity contribution is -0.385. The summed E-state index contributed by atoms with van der Waals surface area (Å²) < 4.78 is 1.12. The molecule has 0 saturated heterocycles. The lowest BCUT2D eigenvalue weighted by Crippen LogP contribution is -2.32. The van der Waals surface area contributed by atoms with Crippen LogP contribution in [-0.4, -0.2) is 32.3 Å². The first kappa shape index (κ1) is 17.8. The maximum atomic E-state index is 12.6. The van der Waals surface area contributed by atoms with Crippen molar-refractivity contribution in [3.63, 3.8) is 0 Å². The number of thioether (sulfide) groups is 1. The Labute approximate surface area is 142 Å². The van der Waals surface area contributed by atoms with Crippen LogP contribution in [0.2, 0.25) is 0 Å². The highest BCUT2D eigenvalue weighted by Crippen LogP contribution is 2.18. The van der Waals surface area contributed by atoms with E-state index in [0.29, 0.717) is 10.7 Å². The molecule has 0 bridgehead atoms. The Kier molecular flexibility index (Phi) is 5.13. The maximum absolute atomic E-state index is 12.6.